The predicted molar refractivity (Wildman–Crippen MR) is 119 cm³/mol. The van der Waals surface area contributed by atoms with Gasteiger partial charge in [0.1, 0.15) is 6.54 Å². The summed E-state index contributed by atoms with van der Waals surface area (Å²) >= 11 is 19.6. The third kappa shape index (κ3) is 7.37. The monoisotopic (exact) mass is 480 g/mol. The molecule has 2 rings (SSSR count). The second-order valence-corrected chi connectivity index (χ2v) is 10.2. The van der Waals surface area contributed by atoms with E-state index >= 15 is 0 Å². The second-order valence-electron chi connectivity index (χ2n) is 5.90. The lowest BCUT2D eigenvalue weighted by Crippen LogP contribution is -2.41. The minimum Gasteiger partial charge on any atom is -0.354 e. The van der Waals surface area contributed by atoms with Crippen molar-refractivity contribution in [2.24, 2.45) is 0 Å². The number of hydrogen-bond donors (Lipinski definition) is 1. The van der Waals surface area contributed by atoms with Crippen LogP contribution < -0.4 is 9.62 Å². The van der Waals surface area contributed by atoms with Crippen LogP contribution in [0.25, 0.3) is 0 Å². The van der Waals surface area contributed by atoms with Crippen molar-refractivity contribution in [1.82, 2.24) is 5.32 Å². The van der Waals surface area contributed by atoms with Crippen molar-refractivity contribution in [3.05, 3.63) is 63.1 Å². The number of sulfonamides is 1. The number of thioether (sulfide) groups is 1. The average Bonchev–Trinajstić information content (AvgIpc) is 2.61. The van der Waals surface area contributed by atoms with Crippen LogP contribution >= 0.6 is 46.6 Å². The van der Waals surface area contributed by atoms with Crippen molar-refractivity contribution in [3.8, 4) is 0 Å². The maximum Gasteiger partial charge on any atom is 0.240 e. The molecular weight excluding hydrogens is 463 g/mol. The average molecular weight is 482 g/mol. The third-order valence-corrected chi connectivity index (χ3v) is 6.54. The number of nitrogens with zero attached hydrogens (tertiary/aromatic N) is 1. The number of amides is 1. The van der Waals surface area contributed by atoms with E-state index in [0.717, 1.165) is 21.9 Å². The molecule has 0 radical (unpaired) electrons. The molecule has 0 spiro atoms. The normalized spacial score (nSPS) is 11.3. The lowest BCUT2D eigenvalue weighted by atomic mass is 10.2. The van der Waals surface area contributed by atoms with Gasteiger partial charge in [0.05, 0.1) is 17.0 Å². The summed E-state index contributed by atoms with van der Waals surface area (Å²) in [5.41, 5.74) is 1.27. The van der Waals surface area contributed by atoms with E-state index in [0.29, 0.717) is 22.3 Å². The molecule has 0 unspecified atom stereocenters. The van der Waals surface area contributed by atoms with Gasteiger partial charge in [-0.1, -0.05) is 46.9 Å². The summed E-state index contributed by atoms with van der Waals surface area (Å²) in [5, 5.41) is 3.92. The Bertz CT molecular complexity index is 939. The van der Waals surface area contributed by atoms with Gasteiger partial charge in [-0.15, -0.1) is 0 Å². The van der Waals surface area contributed by atoms with Crippen LogP contribution in [-0.2, 0) is 20.6 Å². The van der Waals surface area contributed by atoms with Crippen LogP contribution in [-0.4, -0.2) is 39.4 Å². The molecule has 0 saturated heterocycles. The van der Waals surface area contributed by atoms with Gasteiger partial charge in [0, 0.05) is 28.1 Å². The lowest BCUT2D eigenvalue weighted by Gasteiger charge is -2.23. The summed E-state index contributed by atoms with van der Waals surface area (Å²) < 4.78 is 25.2. The maximum atomic E-state index is 12.2. The van der Waals surface area contributed by atoms with E-state index < -0.39 is 15.9 Å². The molecule has 152 valence electrons. The Balaban J connectivity index is 1.87. The van der Waals surface area contributed by atoms with Crippen LogP contribution in [0.2, 0.25) is 15.1 Å². The molecule has 0 aliphatic carbocycles. The Hall–Kier alpha value is -1.12. The number of anilines is 1. The molecule has 2 aromatic rings. The van der Waals surface area contributed by atoms with Crippen molar-refractivity contribution in [1.29, 1.82) is 0 Å². The van der Waals surface area contributed by atoms with Gasteiger partial charge in [0.2, 0.25) is 15.9 Å². The molecule has 0 aliphatic rings. The van der Waals surface area contributed by atoms with Gasteiger partial charge in [-0.25, -0.2) is 8.42 Å². The minimum absolute atomic E-state index is 0.169. The fourth-order valence-corrected chi connectivity index (χ4v) is 4.64. The molecule has 0 bridgehead atoms. The first-order valence-corrected chi connectivity index (χ1v) is 12.3. The number of carbonyl (C=O) groups excluding carboxylic acids is 1. The molecule has 1 amide bonds. The van der Waals surface area contributed by atoms with E-state index in [1.807, 2.05) is 24.3 Å². The van der Waals surface area contributed by atoms with Gasteiger partial charge in [-0.3, -0.25) is 9.10 Å². The molecule has 10 heteroatoms. The Kier molecular flexibility index (Phi) is 8.77. The molecule has 5 nitrogen and oxygen atoms in total. The predicted octanol–water partition coefficient (Wildman–Crippen LogP) is 4.46. The summed E-state index contributed by atoms with van der Waals surface area (Å²) in [4.78, 5) is 12.2. The first kappa shape index (κ1) is 23.2. The molecule has 0 heterocycles. The topological polar surface area (TPSA) is 66.5 Å². The summed E-state index contributed by atoms with van der Waals surface area (Å²) in [6.45, 7) is 0.0306. The quantitative estimate of drug-likeness (QED) is 0.537. The van der Waals surface area contributed by atoms with Crippen LogP contribution in [0.5, 0.6) is 0 Å². The van der Waals surface area contributed by atoms with Crippen LogP contribution in [0.3, 0.4) is 0 Å². The molecule has 2 aromatic carbocycles. The summed E-state index contributed by atoms with van der Waals surface area (Å²) in [7, 11) is -3.72. The van der Waals surface area contributed by atoms with Crippen LogP contribution in [0.4, 0.5) is 5.69 Å². The Morgan fingerprint density at radius 1 is 1.11 bits per heavy atom. The van der Waals surface area contributed by atoms with E-state index in [1.165, 1.54) is 12.1 Å². The summed E-state index contributed by atoms with van der Waals surface area (Å²) in [6, 6.07) is 12.0. The maximum absolute atomic E-state index is 12.2. The van der Waals surface area contributed by atoms with Crippen molar-refractivity contribution in [2.75, 3.05) is 29.4 Å². The van der Waals surface area contributed by atoms with Gasteiger partial charge in [-0.2, -0.15) is 11.8 Å². The third-order valence-electron chi connectivity index (χ3n) is 3.59. The van der Waals surface area contributed by atoms with Crippen LogP contribution in [0, 0.1) is 0 Å². The molecule has 0 aliphatic heterocycles. The zero-order valence-electron chi connectivity index (χ0n) is 15.0. The molecule has 0 atom stereocenters. The van der Waals surface area contributed by atoms with Crippen LogP contribution in [0.1, 0.15) is 5.56 Å². The van der Waals surface area contributed by atoms with Gasteiger partial charge in [0.15, 0.2) is 0 Å². The first-order valence-electron chi connectivity index (χ1n) is 8.18. The van der Waals surface area contributed by atoms with Gasteiger partial charge < -0.3 is 5.32 Å². The van der Waals surface area contributed by atoms with Crippen LogP contribution in [0.15, 0.2) is 42.5 Å². The number of nitrogens with one attached hydrogen (secondary N) is 1. The minimum atomic E-state index is -3.72. The van der Waals surface area contributed by atoms with E-state index in [4.69, 9.17) is 34.8 Å². The largest absolute Gasteiger partial charge is 0.354 e. The Labute approximate surface area is 184 Å². The van der Waals surface area contributed by atoms with E-state index in [2.05, 4.69) is 5.32 Å². The number of halogens is 3. The fourth-order valence-electron chi connectivity index (χ4n) is 2.32. The van der Waals surface area contributed by atoms with Gasteiger partial charge in [0.25, 0.3) is 0 Å². The zero-order chi connectivity index (χ0) is 20.7. The van der Waals surface area contributed by atoms with Gasteiger partial charge in [-0.05, 0) is 35.9 Å². The molecular formula is C18H19Cl3N2O3S2. The van der Waals surface area contributed by atoms with Crippen molar-refractivity contribution in [3.63, 3.8) is 0 Å². The van der Waals surface area contributed by atoms with Gasteiger partial charge >= 0.3 is 0 Å². The van der Waals surface area contributed by atoms with Crippen molar-refractivity contribution in [2.45, 2.75) is 5.75 Å². The highest BCUT2D eigenvalue weighted by Gasteiger charge is 2.23. The number of carbonyl (C=O) groups is 1. The van der Waals surface area contributed by atoms with Crippen molar-refractivity contribution < 1.29 is 13.2 Å². The zero-order valence-corrected chi connectivity index (χ0v) is 18.9. The molecule has 0 aromatic heterocycles. The Morgan fingerprint density at radius 2 is 1.82 bits per heavy atom. The molecule has 1 N–H and O–H groups in total. The molecule has 0 saturated carbocycles. The summed E-state index contributed by atoms with van der Waals surface area (Å²) in [6.07, 6.45) is 1.01. The van der Waals surface area contributed by atoms with E-state index in [-0.39, 0.29) is 17.3 Å². The molecule has 0 fully saturated rings. The number of hydrogen-bond acceptors (Lipinski definition) is 4. The second kappa shape index (κ2) is 10.6. The Morgan fingerprint density at radius 3 is 2.50 bits per heavy atom. The first-order chi connectivity index (χ1) is 13.2. The smallest absolute Gasteiger partial charge is 0.240 e. The van der Waals surface area contributed by atoms with E-state index in [9.17, 15) is 13.2 Å². The van der Waals surface area contributed by atoms with E-state index in [1.54, 1.807) is 17.8 Å². The standard InChI is InChI=1S/C18H19Cl3N2O3S2/c1-28(25,26)23(17-10-15(20)5-6-16(17)21)11-18(24)22-7-8-27-12-13-3-2-4-14(19)9-13/h2-6,9-10H,7-8,11-12H2,1H3,(H,22,24). The fraction of sp³-hybridized carbons (Fsp3) is 0.278. The highest BCUT2D eigenvalue weighted by Crippen LogP contribution is 2.30. The SMILES string of the molecule is CS(=O)(=O)N(CC(=O)NCCSCc1cccc(Cl)c1)c1cc(Cl)ccc1Cl. The highest BCUT2D eigenvalue weighted by molar-refractivity contribution is 7.98. The lowest BCUT2D eigenvalue weighted by molar-refractivity contribution is -0.119. The number of rotatable bonds is 9. The van der Waals surface area contributed by atoms with Crippen molar-refractivity contribution >= 4 is 68.2 Å². The molecule has 28 heavy (non-hydrogen) atoms. The number of benzene rings is 2. The highest BCUT2D eigenvalue weighted by atomic mass is 35.5. The summed E-state index contributed by atoms with van der Waals surface area (Å²) in [5.74, 6) is 1.02.